The van der Waals surface area contributed by atoms with Crippen LogP contribution in [-0.4, -0.2) is 21.9 Å². The molecule has 3 nitrogen and oxygen atoms in total. The molecule has 2 aliphatic rings. The summed E-state index contributed by atoms with van der Waals surface area (Å²) in [6, 6.07) is 7.05. The van der Waals surface area contributed by atoms with Crippen LogP contribution in [0, 0.1) is 11.3 Å². The van der Waals surface area contributed by atoms with E-state index in [0.717, 1.165) is 37.7 Å². The highest BCUT2D eigenvalue weighted by Gasteiger charge is 2.54. The molecule has 2 saturated carbocycles. The van der Waals surface area contributed by atoms with Crippen LogP contribution in [0.2, 0.25) is 0 Å². The molecule has 0 saturated heterocycles. The van der Waals surface area contributed by atoms with Gasteiger partial charge in [-0.3, -0.25) is 0 Å². The van der Waals surface area contributed by atoms with Gasteiger partial charge in [-0.05, 0) is 81.9 Å². The monoisotopic (exact) mass is 318 g/mol. The van der Waals surface area contributed by atoms with Crippen molar-refractivity contribution in [3.05, 3.63) is 29.8 Å². The summed E-state index contributed by atoms with van der Waals surface area (Å²) in [5.74, 6) is 0.736. The number of phenols is 1. The van der Waals surface area contributed by atoms with Crippen LogP contribution >= 0.6 is 0 Å². The van der Waals surface area contributed by atoms with Crippen LogP contribution in [0.4, 0.5) is 0 Å². The van der Waals surface area contributed by atoms with Crippen LogP contribution in [0.25, 0.3) is 0 Å². The van der Waals surface area contributed by atoms with Gasteiger partial charge in [0.15, 0.2) is 0 Å². The number of ether oxygens (including phenoxy) is 1. The van der Waals surface area contributed by atoms with Crippen molar-refractivity contribution < 1.29 is 14.9 Å². The lowest BCUT2D eigenvalue weighted by atomic mass is 9.62. The topological polar surface area (TPSA) is 49.7 Å². The highest BCUT2D eigenvalue weighted by atomic mass is 16.5. The molecule has 4 unspecified atom stereocenters. The van der Waals surface area contributed by atoms with Crippen molar-refractivity contribution in [3.8, 4) is 5.75 Å². The minimum atomic E-state index is -0.769. The summed E-state index contributed by atoms with van der Waals surface area (Å²) in [6.45, 7) is 8.72. The lowest BCUT2D eigenvalue weighted by Crippen LogP contribution is -2.46. The zero-order valence-corrected chi connectivity index (χ0v) is 14.8. The second-order valence-electron chi connectivity index (χ2n) is 8.78. The van der Waals surface area contributed by atoms with E-state index in [-0.39, 0.29) is 22.9 Å². The van der Waals surface area contributed by atoms with E-state index in [1.807, 2.05) is 12.1 Å². The minimum Gasteiger partial charge on any atom is -0.508 e. The van der Waals surface area contributed by atoms with Gasteiger partial charge in [0.1, 0.15) is 5.75 Å². The summed E-state index contributed by atoms with van der Waals surface area (Å²) in [7, 11) is 0. The molecule has 2 N–H and O–H groups in total. The lowest BCUT2D eigenvalue weighted by Gasteiger charge is -2.48. The summed E-state index contributed by atoms with van der Waals surface area (Å²) >= 11 is 0. The Balaban J connectivity index is 1.79. The Hall–Kier alpha value is -1.06. The normalized spacial score (nSPS) is 37.6. The molecule has 0 aromatic heterocycles. The van der Waals surface area contributed by atoms with Crippen LogP contribution in [0.5, 0.6) is 5.75 Å². The highest BCUT2D eigenvalue weighted by molar-refractivity contribution is 5.31. The summed E-state index contributed by atoms with van der Waals surface area (Å²) in [5, 5.41) is 20.7. The molecular formula is C20H30O3. The van der Waals surface area contributed by atoms with Gasteiger partial charge in [-0.25, -0.2) is 0 Å². The Labute approximate surface area is 139 Å². The fraction of sp³-hybridized carbons (Fsp3) is 0.700. The van der Waals surface area contributed by atoms with Crippen molar-refractivity contribution in [3.63, 3.8) is 0 Å². The molecule has 128 valence electrons. The van der Waals surface area contributed by atoms with Crippen molar-refractivity contribution in [2.45, 2.75) is 77.1 Å². The summed E-state index contributed by atoms with van der Waals surface area (Å²) < 4.78 is 6.35. The van der Waals surface area contributed by atoms with Gasteiger partial charge in [0.05, 0.1) is 17.3 Å². The molecule has 1 aromatic rings. The van der Waals surface area contributed by atoms with Crippen molar-refractivity contribution >= 4 is 0 Å². The third-order valence-corrected chi connectivity index (χ3v) is 6.01. The predicted molar refractivity (Wildman–Crippen MR) is 91.3 cm³/mol. The van der Waals surface area contributed by atoms with Crippen LogP contribution in [-0.2, 0) is 10.3 Å². The molecule has 4 atom stereocenters. The van der Waals surface area contributed by atoms with E-state index in [1.54, 1.807) is 12.1 Å². The Morgan fingerprint density at radius 3 is 2.35 bits per heavy atom. The Morgan fingerprint density at radius 2 is 1.74 bits per heavy atom. The van der Waals surface area contributed by atoms with Gasteiger partial charge in [-0.1, -0.05) is 19.1 Å². The summed E-state index contributed by atoms with van der Waals surface area (Å²) in [5.41, 5.74) is 0.204. The van der Waals surface area contributed by atoms with E-state index in [2.05, 4.69) is 27.7 Å². The molecule has 0 heterocycles. The number of benzene rings is 1. The van der Waals surface area contributed by atoms with Gasteiger partial charge >= 0.3 is 0 Å². The van der Waals surface area contributed by atoms with Crippen molar-refractivity contribution in [1.29, 1.82) is 0 Å². The first-order valence-corrected chi connectivity index (χ1v) is 8.82. The Kier molecular flexibility index (Phi) is 4.01. The number of aliphatic hydroxyl groups is 1. The fourth-order valence-electron chi connectivity index (χ4n) is 4.62. The minimum absolute atomic E-state index is 0.118. The molecule has 0 spiro atoms. The third kappa shape index (κ3) is 3.14. The van der Waals surface area contributed by atoms with Crippen molar-refractivity contribution in [2.75, 3.05) is 0 Å². The number of phenolic OH excluding ortho intramolecular Hbond substituents is 1. The van der Waals surface area contributed by atoms with Gasteiger partial charge in [-0.15, -0.1) is 0 Å². The van der Waals surface area contributed by atoms with Gasteiger partial charge in [0.2, 0.25) is 0 Å². The zero-order chi connectivity index (χ0) is 16.9. The maximum absolute atomic E-state index is 11.2. The molecule has 2 fully saturated rings. The molecule has 3 rings (SSSR count). The Bertz CT molecular complexity index is 559. The molecule has 2 aliphatic carbocycles. The second-order valence-corrected chi connectivity index (χ2v) is 8.78. The maximum Gasteiger partial charge on any atom is 0.115 e. The van der Waals surface area contributed by atoms with Crippen LogP contribution in [0.15, 0.2) is 24.3 Å². The first-order valence-electron chi connectivity index (χ1n) is 8.82. The van der Waals surface area contributed by atoms with E-state index in [4.69, 9.17) is 4.74 Å². The molecule has 3 heteroatoms. The zero-order valence-electron chi connectivity index (χ0n) is 14.8. The SMILES string of the molecule is CC(C)(C)OC1CCC2CC(O)(c3ccc(O)cc3)CCC21C. The molecule has 0 amide bonds. The number of hydrogen-bond acceptors (Lipinski definition) is 3. The van der Waals surface area contributed by atoms with E-state index < -0.39 is 5.60 Å². The fourth-order valence-corrected chi connectivity index (χ4v) is 4.62. The summed E-state index contributed by atoms with van der Waals surface area (Å²) in [6.07, 6.45) is 5.03. The van der Waals surface area contributed by atoms with Gasteiger partial charge in [0, 0.05) is 0 Å². The average Bonchev–Trinajstić information content (AvgIpc) is 2.75. The van der Waals surface area contributed by atoms with E-state index >= 15 is 0 Å². The molecule has 0 bridgehead atoms. The molecule has 23 heavy (non-hydrogen) atoms. The third-order valence-electron chi connectivity index (χ3n) is 6.01. The standard InChI is InChI=1S/C20H30O3/c1-18(2,3)23-17-10-7-15-13-20(22,12-11-19(15,17)4)14-5-8-16(21)9-6-14/h5-6,8-9,15,17,21-22H,7,10-13H2,1-4H3. The van der Waals surface area contributed by atoms with Gasteiger partial charge in [-0.2, -0.15) is 0 Å². The first-order chi connectivity index (χ1) is 10.6. The highest BCUT2D eigenvalue weighted by Crippen LogP contribution is 2.58. The molecule has 1 aromatic carbocycles. The first kappa shape index (κ1) is 16.8. The van der Waals surface area contributed by atoms with Crippen LogP contribution in [0.1, 0.15) is 65.4 Å². The Morgan fingerprint density at radius 1 is 1.09 bits per heavy atom. The van der Waals surface area contributed by atoms with Gasteiger partial charge in [0.25, 0.3) is 0 Å². The largest absolute Gasteiger partial charge is 0.508 e. The quantitative estimate of drug-likeness (QED) is 0.851. The predicted octanol–water partition coefficient (Wildman–Crippen LogP) is 4.36. The van der Waals surface area contributed by atoms with E-state index in [0.29, 0.717) is 5.92 Å². The number of fused-ring (bicyclic) bond motifs is 1. The lowest BCUT2D eigenvalue weighted by molar-refractivity contribution is -0.140. The number of aromatic hydroxyl groups is 1. The maximum atomic E-state index is 11.2. The second kappa shape index (κ2) is 5.49. The molecule has 0 aliphatic heterocycles. The smallest absolute Gasteiger partial charge is 0.115 e. The van der Waals surface area contributed by atoms with Crippen molar-refractivity contribution in [2.24, 2.45) is 11.3 Å². The molecule has 0 radical (unpaired) electrons. The van der Waals surface area contributed by atoms with Crippen LogP contribution < -0.4 is 0 Å². The molecular weight excluding hydrogens is 288 g/mol. The van der Waals surface area contributed by atoms with Crippen molar-refractivity contribution in [1.82, 2.24) is 0 Å². The summed E-state index contributed by atoms with van der Waals surface area (Å²) in [4.78, 5) is 0. The van der Waals surface area contributed by atoms with E-state index in [1.165, 1.54) is 0 Å². The van der Waals surface area contributed by atoms with Gasteiger partial charge < -0.3 is 14.9 Å². The van der Waals surface area contributed by atoms with Crippen LogP contribution in [0.3, 0.4) is 0 Å². The number of rotatable bonds is 2. The van der Waals surface area contributed by atoms with E-state index in [9.17, 15) is 10.2 Å². The number of hydrogen-bond donors (Lipinski definition) is 2. The average molecular weight is 318 g/mol.